The van der Waals surface area contributed by atoms with E-state index < -0.39 is 10.0 Å². The van der Waals surface area contributed by atoms with Crippen LogP contribution in [0.25, 0.3) is 0 Å². The maximum atomic E-state index is 12.1. The summed E-state index contributed by atoms with van der Waals surface area (Å²) < 4.78 is 27.4. The van der Waals surface area contributed by atoms with E-state index in [4.69, 9.17) is 0 Å². The fourth-order valence-corrected chi connectivity index (χ4v) is 4.13. The smallest absolute Gasteiger partial charge is 0.211 e. The number of halogens is 1. The van der Waals surface area contributed by atoms with Crippen molar-refractivity contribution in [2.24, 2.45) is 5.92 Å². The normalized spacial score (nSPS) is 16.8. The molecule has 0 unspecified atom stereocenters. The van der Waals surface area contributed by atoms with E-state index in [2.05, 4.69) is 20.7 Å². The Balaban J connectivity index is 2.12. The van der Waals surface area contributed by atoms with E-state index in [1.54, 1.807) is 6.07 Å². The highest BCUT2D eigenvalue weighted by Crippen LogP contribution is 2.27. The molecule has 0 spiro atoms. The van der Waals surface area contributed by atoms with Crippen LogP contribution in [-0.2, 0) is 10.0 Å². The van der Waals surface area contributed by atoms with Crippen molar-refractivity contribution in [2.45, 2.75) is 31.1 Å². The Morgan fingerprint density at radius 2 is 2.12 bits per heavy atom. The second-order valence-corrected chi connectivity index (χ2v) is 7.17. The number of nitrogens with one attached hydrogen (secondary N) is 1. The van der Waals surface area contributed by atoms with Gasteiger partial charge in [0.2, 0.25) is 10.0 Å². The predicted octanol–water partition coefficient (Wildman–Crippen LogP) is 2.84. The van der Waals surface area contributed by atoms with E-state index in [9.17, 15) is 8.42 Å². The molecule has 94 valence electrons. The predicted molar refractivity (Wildman–Crippen MR) is 71.4 cm³/mol. The summed E-state index contributed by atoms with van der Waals surface area (Å²) in [5.74, 6) is 0.522. The average Bonchev–Trinajstić information content (AvgIpc) is 2.13. The van der Waals surface area contributed by atoms with Gasteiger partial charge < -0.3 is 0 Å². The molecular weight excluding hydrogens is 302 g/mol. The highest BCUT2D eigenvalue weighted by atomic mass is 79.9. The van der Waals surface area contributed by atoms with Gasteiger partial charge in [-0.3, -0.25) is 0 Å². The Labute approximate surface area is 111 Å². The van der Waals surface area contributed by atoms with Crippen LogP contribution >= 0.6 is 15.9 Å². The third-order valence-electron chi connectivity index (χ3n) is 3.16. The molecule has 0 heterocycles. The Morgan fingerprint density at radius 1 is 1.41 bits per heavy atom. The summed E-state index contributed by atoms with van der Waals surface area (Å²) in [5.41, 5.74) is 1.04. The minimum Gasteiger partial charge on any atom is -0.211 e. The SMILES string of the molecule is Cc1ccc(S(=O)(=O)NCC2CCC2)c(Br)c1. The summed E-state index contributed by atoms with van der Waals surface area (Å²) in [5, 5.41) is 0. The van der Waals surface area contributed by atoms with Crippen LogP contribution in [0.4, 0.5) is 0 Å². The van der Waals surface area contributed by atoms with Crippen LogP contribution in [-0.4, -0.2) is 15.0 Å². The molecule has 0 amide bonds. The molecule has 2 rings (SSSR count). The Hall–Kier alpha value is -0.390. The van der Waals surface area contributed by atoms with Crippen LogP contribution in [0.5, 0.6) is 0 Å². The zero-order valence-electron chi connectivity index (χ0n) is 9.74. The van der Waals surface area contributed by atoms with Crippen LogP contribution in [0.3, 0.4) is 0 Å². The van der Waals surface area contributed by atoms with Gasteiger partial charge in [-0.1, -0.05) is 12.5 Å². The van der Waals surface area contributed by atoms with Crippen molar-refractivity contribution in [3.8, 4) is 0 Å². The lowest BCUT2D eigenvalue weighted by Gasteiger charge is -2.25. The quantitative estimate of drug-likeness (QED) is 0.928. The van der Waals surface area contributed by atoms with Gasteiger partial charge in [-0.2, -0.15) is 0 Å². The molecule has 1 aromatic carbocycles. The minimum atomic E-state index is -3.38. The first-order chi connectivity index (χ1) is 7.99. The number of sulfonamides is 1. The van der Waals surface area contributed by atoms with E-state index in [1.165, 1.54) is 6.42 Å². The van der Waals surface area contributed by atoms with Gasteiger partial charge in [0.15, 0.2) is 0 Å². The van der Waals surface area contributed by atoms with Gasteiger partial charge in [-0.05, 0) is 59.3 Å². The summed E-state index contributed by atoms with van der Waals surface area (Å²) in [7, 11) is -3.38. The third-order valence-corrected chi connectivity index (χ3v) is 5.56. The second kappa shape index (κ2) is 5.08. The van der Waals surface area contributed by atoms with Gasteiger partial charge in [-0.25, -0.2) is 13.1 Å². The molecule has 3 nitrogen and oxygen atoms in total. The molecule has 1 saturated carbocycles. The molecule has 0 aliphatic heterocycles. The number of aryl methyl sites for hydroxylation is 1. The van der Waals surface area contributed by atoms with E-state index in [0.29, 0.717) is 21.8 Å². The standard InChI is InChI=1S/C12H16BrNO2S/c1-9-5-6-12(11(13)7-9)17(15,16)14-8-10-3-2-4-10/h5-7,10,14H,2-4,8H2,1H3. The van der Waals surface area contributed by atoms with Gasteiger partial charge >= 0.3 is 0 Å². The molecule has 1 aromatic rings. The van der Waals surface area contributed by atoms with Crippen LogP contribution in [0.1, 0.15) is 24.8 Å². The molecule has 1 aliphatic carbocycles. The molecule has 0 saturated heterocycles. The van der Waals surface area contributed by atoms with E-state index >= 15 is 0 Å². The van der Waals surface area contributed by atoms with Crippen molar-refractivity contribution in [3.63, 3.8) is 0 Å². The van der Waals surface area contributed by atoms with Crippen molar-refractivity contribution < 1.29 is 8.42 Å². The Kier molecular flexibility index (Phi) is 3.90. The van der Waals surface area contributed by atoms with Crippen molar-refractivity contribution in [1.82, 2.24) is 4.72 Å². The largest absolute Gasteiger partial charge is 0.241 e. The average molecular weight is 318 g/mol. The van der Waals surface area contributed by atoms with E-state index in [0.717, 1.165) is 18.4 Å². The summed E-state index contributed by atoms with van der Waals surface area (Å²) in [6, 6.07) is 5.27. The summed E-state index contributed by atoms with van der Waals surface area (Å²) >= 11 is 3.30. The lowest BCUT2D eigenvalue weighted by Crippen LogP contribution is -2.32. The fourth-order valence-electron chi connectivity index (χ4n) is 1.83. The van der Waals surface area contributed by atoms with Crippen LogP contribution < -0.4 is 4.72 Å². The molecular formula is C12H16BrNO2S. The summed E-state index contributed by atoms with van der Waals surface area (Å²) in [6.45, 7) is 2.49. The lowest BCUT2D eigenvalue weighted by atomic mass is 9.86. The lowest BCUT2D eigenvalue weighted by molar-refractivity contribution is 0.316. The molecule has 1 aliphatic rings. The molecule has 1 N–H and O–H groups in total. The van der Waals surface area contributed by atoms with Gasteiger partial charge in [0.1, 0.15) is 0 Å². The van der Waals surface area contributed by atoms with Crippen molar-refractivity contribution in [2.75, 3.05) is 6.54 Å². The second-order valence-electron chi connectivity index (χ2n) is 4.58. The van der Waals surface area contributed by atoms with Crippen LogP contribution in [0.15, 0.2) is 27.6 Å². The van der Waals surface area contributed by atoms with Crippen molar-refractivity contribution in [1.29, 1.82) is 0 Å². The van der Waals surface area contributed by atoms with Gasteiger partial charge in [-0.15, -0.1) is 0 Å². The molecule has 0 bridgehead atoms. The minimum absolute atomic E-state index is 0.322. The highest BCUT2D eigenvalue weighted by Gasteiger charge is 2.22. The first-order valence-corrected chi connectivity index (χ1v) is 8.02. The molecule has 0 radical (unpaired) electrons. The molecule has 17 heavy (non-hydrogen) atoms. The van der Waals surface area contributed by atoms with Crippen LogP contribution in [0, 0.1) is 12.8 Å². The Morgan fingerprint density at radius 3 is 2.65 bits per heavy atom. The number of hydrogen-bond donors (Lipinski definition) is 1. The first-order valence-electron chi connectivity index (χ1n) is 5.75. The maximum Gasteiger partial charge on any atom is 0.241 e. The van der Waals surface area contributed by atoms with Crippen LogP contribution in [0.2, 0.25) is 0 Å². The molecule has 0 aromatic heterocycles. The zero-order valence-corrected chi connectivity index (χ0v) is 12.1. The van der Waals surface area contributed by atoms with Crippen molar-refractivity contribution in [3.05, 3.63) is 28.2 Å². The third kappa shape index (κ3) is 3.09. The number of rotatable bonds is 4. The number of hydrogen-bond acceptors (Lipinski definition) is 2. The van der Waals surface area contributed by atoms with E-state index in [-0.39, 0.29) is 0 Å². The van der Waals surface area contributed by atoms with Gasteiger partial charge in [0.05, 0.1) is 4.90 Å². The highest BCUT2D eigenvalue weighted by molar-refractivity contribution is 9.10. The number of benzene rings is 1. The van der Waals surface area contributed by atoms with Gasteiger partial charge in [0.25, 0.3) is 0 Å². The summed E-state index contributed by atoms with van der Waals surface area (Å²) in [4.78, 5) is 0.322. The topological polar surface area (TPSA) is 46.2 Å². The summed E-state index contributed by atoms with van der Waals surface area (Å²) in [6.07, 6.45) is 3.50. The molecule has 1 fully saturated rings. The molecule has 5 heteroatoms. The maximum absolute atomic E-state index is 12.1. The fraction of sp³-hybridized carbons (Fsp3) is 0.500. The first kappa shape index (κ1) is 13.1. The zero-order chi connectivity index (χ0) is 12.5. The molecule has 0 atom stereocenters. The Bertz CT molecular complexity index is 509. The monoisotopic (exact) mass is 317 g/mol. The van der Waals surface area contributed by atoms with Crippen molar-refractivity contribution >= 4 is 26.0 Å². The van der Waals surface area contributed by atoms with Gasteiger partial charge in [0, 0.05) is 11.0 Å². The van der Waals surface area contributed by atoms with E-state index in [1.807, 2.05) is 19.1 Å².